The maximum atomic E-state index is 2.57. The normalized spacial score (nSPS) is 28.2. The Morgan fingerprint density at radius 2 is 1.95 bits per heavy atom. The molecule has 1 aromatic rings. The van der Waals surface area contributed by atoms with Gasteiger partial charge in [0.15, 0.2) is 0 Å². The molecule has 0 radical (unpaired) electrons. The van der Waals surface area contributed by atoms with Crippen LogP contribution in [0.15, 0.2) is 53.1 Å². The zero-order valence-corrected chi connectivity index (χ0v) is 15.4. The molecule has 1 aromatic carbocycles. The van der Waals surface area contributed by atoms with E-state index < -0.39 is 0 Å². The second-order valence-electron chi connectivity index (χ2n) is 6.93. The molecule has 0 nitrogen and oxygen atoms in total. The summed E-state index contributed by atoms with van der Waals surface area (Å²) >= 11 is 0. The van der Waals surface area contributed by atoms with Gasteiger partial charge in [-0.1, -0.05) is 66.0 Å². The minimum Gasteiger partial charge on any atom is -0.226 e. The van der Waals surface area contributed by atoms with Crippen LogP contribution in [0.5, 0.6) is 0 Å². The summed E-state index contributed by atoms with van der Waals surface area (Å²) in [6.45, 7) is 0. The largest absolute Gasteiger partial charge is 0.226 e. The van der Waals surface area contributed by atoms with Crippen LogP contribution < -0.4 is 0 Å². The Balaban J connectivity index is 0.00000125. The van der Waals surface area contributed by atoms with Crippen molar-refractivity contribution in [2.45, 2.75) is 38.5 Å². The van der Waals surface area contributed by atoms with Gasteiger partial charge in [-0.25, -0.2) is 12.0 Å². The average molecular weight is 365 g/mol. The average Bonchev–Trinajstić information content (AvgIpc) is 2.95. The molecule has 0 aliphatic heterocycles. The molecule has 1 heteroatoms. The molecule has 0 N–H and O–H groups in total. The fraction of sp³-hybridized carbons (Fsp3) is 0.381. The van der Waals surface area contributed by atoms with Crippen molar-refractivity contribution in [3.63, 3.8) is 0 Å². The van der Waals surface area contributed by atoms with Gasteiger partial charge in [0.05, 0.1) is 0 Å². The Morgan fingerprint density at radius 3 is 2.91 bits per heavy atom. The third-order valence-corrected chi connectivity index (χ3v) is 5.90. The molecule has 22 heavy (non-hydrogen) atoms. The molecule has 0 saturated heterocycles. The summed E-state index contributed by atoms with van der Waals surface area (Å²) in [6, 6.07) is 9.07. The van der Waals surface area contributed by atoms with Gasteiger partial charge in [-0.15, -0.1) is 6.42 Å². The third kappa shape index (κ3) is 2.01. The van der Waals surface area contributed by atoms with E-state index in [0.29, 0.717) is 0 Å². The van der Waals surface area contributed by atoms with E-state index in [0.717, 1.165) is 18.3 Å². The minimum absolute atomic E-state index is 0. The molecule has 0 aromatic heterocycles. The second kappa shape index (κ2) is 5.68. The van der Waals surface area contributed by atoms with Crippen LogP contribution in [-0.4, -0.2) is 0 Å². The van der Waals surface area contributed by atoms with Gasteiger partial charge < -0.3 is 0 Å². The number of rotatable bonds is 0. The smallest absolute Gasteiger partial charge is 0 e. The molecule has 1 fully saturated rings. The van der Waals surface area contributed by atoms with Gasteiger partial charge in [0.1, 0.15) is 0 Å². The van der Waals surface area contributed by atoms with E-state index in [9.17, 15) is 0 Å². The molecule has 2 atom stereocenters. The Kier molecular flexibility index (Phi) is 3.81. The molecular weight excluding hydrogens is 343 g/mol. The van der Waals surface area contributed by atoms with Gasteiger partial charge in [0.2, 0.25) is 0 Å². The zero-order chi connectivity index (χ0) is 13.8. The van der Waals surface area contributed by atoms with Crippen molar-refractivity contribution < 1.29 is 26.2 Å². The molecule has 0 heterocycles. The predicted molar refractivity (Wildman–Crippen MR) is 87.6 cm³/mol. The summed E-state index contributed by atoms with van der Waals surface area (Å²) in [6.07, 6.45) is 15.3. The van der Waals surface area contributed by atoms with Crippen LogP contribution in [0, 0.1) is 18.3 Å². The molecule has 4 aliphatic rings. The first-order valence-electron chi connectivity index (χ1n) is 8.49. The topological polar surface area (TPSA) is 0 Å². The van der Waals surface area contributed by atoms with Gasteiger partial charge in [-0.05, 0) is 36.7 Å². The van der Waals surface area contributed by atoms with Gasteiger partial charge in [0, 0.05) is 26.2 Å². The van der Waals surface area contributed by atoms with Crippen LogP contribution in [0.4, 0.5) is 0 Å². The molecule has 0 spiro atoms. The van der Waals surface area contributed by atoms with Gasteiger partial charge in [-0.2, -0.15) is 5.57 Å². The quantitative estimate of drug-likeness (QED) is 0.550. The first kappa shape index (κ1) is 14.8. The van der Waals surface area contributed by atoms with Crippen LogP contribution in [0.2, 0.25) is 0 Å². The van der Waals surface area contributed by atoms with Crippen molar-refractivity contribution in [3.05, 3.63) is 70.7 Å². The number of hydrogen-bond acceptors (Lipinski definition) is 0. The Morgan fingerprint density at radius 1 is 1.05 bits per heavy atom. The molecule has 5 rings (SSSR count). The molecule has 4 aliphatic carbocycles. The maximum Gasteiger partial charge on any atom is 0 e. The van der Waals surface area contributed by atoms with Crippen LogP contribution in [-0.2, 0) is 32.6 Å². The van der Waals surface area contributed by atoms with Gasteiger partial charge >= 0.3 is 0 Å². The summed E-state index contributed by atoms with van der Waals surface area (Å²) in [5.74, 6) is 1.60. The van der Waals surface area contributed by atoms with Gasteiger partial charge in [0.25, 0.3) is 0 Å². The number of fused-ring (bicyclic) bond motifs is 6. The first-order valence-corrected chi connectivity index (χ1v) is 8.49. The standard InChI is InChI=1S/C21H21.Zr/c1-2-8-15-14(7-1)13-20-18-11-4-3-9-16(18)17-10-5-6-12-19(17)21(15)20;/h1-2,6-8,11-12,16-17H,3-5,9-10,13H2;/q-1;. The van der Waals surface area contributed by atoms with Crippen molar-refractivity contribution in [1.82, 2.24) is 0 Å². The molecule has 0 amide bonds. The van der Waals surface area contributed by atoms with E-state index in [4.69, 9.17) is 0 Å². The Bertz CT molecular complexity index is 704. The summed E-state index contributed by atoms with van der Waals surface area (Å²) in [7, 11) is 0. The van der Waals surface area contributed by atoms with E-state index in [1.165, 1.54) is 37.7 Å². The number of allylic oxidation sites excluding steroid dienone is 6. The first-order chi connectivity index (χ1) is 10.4. The fourth-order valence-electron chi connectivity index (χ4n) is 5.05. The number of benzene rings is 1. The van der Waals surface area contributed by atoms with Crippen molar-refractivity contribution in [2.24, 2.45) is 11.8 Å². The van der Waals surface area contributed by atoms with Crippen molar-refractivity contribution >= 4 is 5.57 Å². The van der Waals surface area contributed by atoms with Crippen LogP contribution in [0.1, 0.15) is 43.2 Å². The minimum atomic E-state index is 0. The molecule has 110 valence electrons. The predicted octanol–water partition coefficient (Wildman–Crippen LogP) is 5.27. The monoisotopic (exact) mass is 363 g/mol. The van der Waals surface area contributed by atoms with E-state index >= 15 is 0 Å². The van der Waals surface area contributed by atoms with E-state index in [2.05, 4.69) is 42.8 Å². The SMILES string of the molecule is C1=CC2=C3C(=C4[CH-]CCCC4C2CC1)Cc1ccccc13.[Zr]. The van der Waals surface area contributed by atoms with Crippen molar-refractivity contribution in [1.29, 1.82) is 0 Å². The fourth-order valence-corrected chi connectivity index (χ4v) is 5.05. The van der Waals surface area contributed by atoms with Crippen molar-refractivity contribution in [2.75, 3.05) is 0 Å². The summed E-state index contributed by atoms with van der Waals surface area (Å²) in [5.41, 5.74) is 9.71. The Hall–Kier alpha value is -0.807. The Labute approximate surface area is 152 Å². The van der Waals surface area contributed by atoms with Crippen molar-refractivity contribution in [3.8, 4) is 0 Å². The van der Waals surface area contributed by atoms with E-state index in [1.54, 1.807) is 27.9 Å². The van der Waals surface area contributed by atoms with Crippen LogP contribution in [0.3, 0.4) is 0 Å². The second-order valence-corrected chi connectivity index (χ2v) is 6.93. The molecule has 2 unspecified atom stereocenters. The number of hydrogen-bond donors (Lipinski definition) is 0. The summed E-state index contributed by atoms with van der Waals surface area (Å²) in [4.78, 5) is 0. The van der Waals surface area contributed by atoms with E-state index in [-0.39, 0.29) is 26.2 Å². The third-order valence-electron chi connectivity index (χ3n) is 5.90. The van der Waals surface area contributed by atoms with Gasteiger partial charge in [-0.3, -0.25) is 0 Å². The van der Waals surface area contributed by atoms with E-state index in [1.807, 2.05) is 0 Å². The molecule has 0 bridgehead atoms. The maximum absolute atomic E-state index is 2.57. The zero-order valence-electron chi connectivity index (χ0n) is 12.9. The molecular formula is C21H21Zr-. The summed E-state index contributed by atoms with van der Waals surface area (Å²) < 4.78 is 0. The molecule has 1 saturated carbocycles. The van der Waals surface area contributed by atoms with Crippen LogP contribution >= 0.6 is 0 Å². The summed E-state index contributed by atoms with van der Waals surface area (Å²) in [5, 5.41) is 0. The van der Waals surface area contributed by atoms with Crippen LogP contribution in [0.25, 0.3) is 5.57 Å².